The number of ether oxygens (including phenoxy) is 1. The SMILES string of the molecule is COC(=O)C1(NC(=O)[C@H]2C[C@H]2C)CCCCCC1. The summed E-state index contributed by atoms with van der Waals surface area (Å²) in [5.41, 5.74) is -0.759. The zero-order valence-electron chi connectivity index (χ0n) is 11.3. The Morgan fingerprint density at radius 3 is 2.17 bits per heavy atom. The highest BCUT2D eigenvalue weighted by Crippen LogP contribution is 2.39. The Kier molecular flexibility index (Phi) is 3.93. The molecule has 1 amide bonds. The van der Waals surface area contributed by atoms with E-state index < -0.39 is 5.54 Å². The molecule has 0 aromatic carbocycles. The van der Waals surface area contributed by atoms with Crippen LogP contribution < -0.4 is 5.32 Å². The molecule has 0 radical (unpaired) electrons. The molecule has 18 heavy (non-hydrogen) atoms. The minimum absolute atomic E-state index is 0.0369. The number of nitrogens with one attached hydrogen (secondary N) is 1. The van der Waals surface area contributed by atoms with E-state index in [0.717, 1.165) is 32.1 Å². The van der Waals surface area contributed by atoms with Crippen LogP contribution in [0.25, 0.3) is 0 Å². The number of carbonyl (C=O) groups excluding carboxylic acids is 2. The van der Waals surface area contributed by atoms with E-state index in [2.05, 4.69) is 12.2 Å². The number of rotatable bonds is 3. The fourth-order valence-electron chi connectivity index (χ4n) is 2.92. The van der Waals surface area contributed by atoms with Gasteiger partial charge in [0.15, 0.2) is 0 Å². The lowest BCUT2D eigenvalue weighted by atomic mass is 9.89. The van der Waals surface area contributed by atoms with Gasteiger partial charge in [0.05, 0.1) is 7.11 Å². The van der Waals surface area contributed by atoms with Crippen LogP contribution in [-0.4, -0.2) is 24.5 Å². The van der Waals surface area contributed by atoms with Crippen molar-refractivity contribution in [2.45, 2.75) is 57.4 Å². The van der Waals surface area contributed by atoms with Gasteiger partial charge in [-0.25, -0.2) is 4.79 Å². The lowest BCUT2D eigenvalue weighted by Gasteiger charge is -2.31. The summed E-state index contributed by atoms with van der Waals surface area (Å²) >= 11 is 0. The van der Waals surface area contributed by atoms with Crippen molar-refractivity contribution < 1.29 is 14.3 Å². The fourth-order valence-corrected chi connectivity index (χ4v) is 2.92. The number of hydrogen-bond donors (Lipinski definition) is 1. The maximum Gasteiger partial charge on any atom is 0.331 e. The van der Waals surface area contributed by atoms with Crippen LogP contribution in [0.4, 0.5) is 0 Å². The van der Waals surface area contributed by atoms with Crippen molar-refractivity contribution in [3.8, 4) is 0 Å². The van der Waals surface area contributed by atoms with Gasteiger partial charge in [-0.3, -0.25) is 4.79 Å². The molecule has 0 saturated heterocycles. The summed E-state index contributed by atoms with van der Waals surface area (Å²) in [5, 5.41) is 3.00. The molecule has 2 aliphatic carbocycles. The zero-order chi connectivity index (χ0) is 13.2. The number of amides is 1. The molecule has 0 heterocycles. The van der Waals surface area contributed by atoms with Crippen LogP contribution in [-0.2, 0) is 14.3 Å². The van der Waals surface area contributed by atoms with Gasteiger partial charge in [-0.05, 0) is 25.2 Å². The molecule has 4 nitrogen and oxygen atoms in total. The van der Waals surface area contributed by atoms with Crippen molar-refractivity contribution in [2.75, 3.05) is 7.11 Å². The number of methoxy groups -OCH3 is 1. The van der Waals surface area contributed by atoms with E-state index in [1.54, 1.807) is 0 Å². The second kappa shape index (κ2) is 5.29. The largest absolute Gasteiger partial charge is 0.467 e. The van der Waals surface area contributed by atoms with E-state index in [-0.39, 0.29) is 17.8 Å². The van der Waals surface area contributed by atoms with Crippen LogP contribution in [0.2, 0.25) is 0 Å². The summed E-state index contributed by atoms with van der Waals surface area (Å²) in [6, 6.07) is 0. The molecule has 2 rings (SSSR count). The maximum atomic E-state index is 12.1. The van der Waals surface area contributed by atoms with Gasteiger partial charge in [-0.15, -0.1) is 0 Å². The second-order valence-corrected chi connectivity index (χ2v) is 5.80. The maximum absolute atomic E-state index is 12.1. The minimum Gasteiger partial charge on any atom is -0.467 e. The Hall–Kier alpha value is -1.06. The standard InChI is InChI=1S/C14H23NO3/c1-10-9-11(10)12(16)15-14(13(17)18-2)7-5-3-4-6-8-14/h10-11H,3-9H2,1-2H3,(H,15,16)/t10-,11+/m1/s1. The van der Waals surface area contributed by atoms with E-state index in [1.807, 2.05) is 0 Å². The summed E-state index contributed by atoms with van der Waals surface area (Å²) in [5.74, 6) is 0.334. The Bertz CT molecular complexity index is 332. The normalized spacial score (nSPS) is 30.1. The molecule has 2 atom stereocenters. The van der Waals surface area contributed by atoms with Gasteiger partial charge in [0.2, 0.25) is 5.91 Å². The molecule has 0 aromatic rings. The van der Waals surface area contributed by atoms with Crippen LogP contribution in [0.15, 0.2) is 0 Å². The van der Waals surface area contributed by atoms with Crippen LogP contribution in [0.5, 0.6) is 0 Å². The van der Waals surface area contributed by atoms with Crippen molar-refractivity contribution in [1.29, 1.82) is 0 Å². The first-order valence-corrected chi connectivity index (χ1v) is 6.99. The molecule has 0 spiro atoms. The fraction of sp³-hybridized carbons (Fsp3) is 0.857. The minimum atomic E-state index is -0.759. The summed E-state index contributed by atoms with van der Waals surface area (Å²) in [6.45, 7) is 2.07. The van der Waals surface area contributed by atoms with Crippen molar-refractivity contribution in [3.63, 3.8) is 0 Å². The van der Waals surface area contributed by atoms with E-state index in [1.165, 1.54) is 7.11 Å². The lowest BCUT2D eigenvalue weighted by molar-refractivity contribution is -0.152. The number of esters is 1. The van der Waals surface area contributed by atoms with Gasteiger partial charge < -0.3 is 10.1 Å². The Morgan fingerprint density at radius 2 is 1.72 bits per heavy atom. The van der Waals surface area contributed by atoms with Gasteiger partial charge >= 0.3 is 5.97 Å². The quantitative estimate of drug-likeness (QED) is 0.618. The Labute approximate surface area is 108 Å². The van der Waals surface area contributed by atoms with Gasteiger partial charge in [0, 0.05) is 5.92 Å². The molecule has 2 saturated carbocycles. The molecule has 2 aliphatic rings. The Balaban J connectivity index is 2.08. The molecule has 1 N–H and O–H groups in total. The van der Waals surface area contributed by atoms with Crippen molar-refractivity contribution in [1.82, 2.24) is 5.32 Å². The van der Waals surface area contributed by atoms with Crippen molar-refractivity contribution >= 4 is 11.9 Å². The van der Waals surface area contributed by atoms with E-state index in [4.69, 9.17) is 4.74 Å². The van der Waals surface area contributed by atoms with Crippen LogP contribution in [0.3, 0.4) is 0 Å². The highest BCUT2D eigenvalue weighted by Gasteiger charge is 2.46. The third kappa shape index (κ3) is 2.68. The number of carbonyl (C=O) groups is 2. The first-order chi connectivity index (χ1) is 8.59. The van der Waals surface area contributed by atoms with E-state index in [9.17, 15) is 9.59 Å². The summed E-state index contributed by atoms with van der Waals surface area (Å²) in [6.07, 6.45) is 6.61. The average molecular weight is 253 g/mol. The summed E-state index contributed by atoms with van der Waals surface area (Å²) in [7, 11) is 1.40. The monoisotopic (exact) mass is 253 g/mol. The Morgan fingerprint density at radius 1 is 1.17 bits per heavy atom. The molecule has 102 valence electrons. The van der Waals surface area contributed by atoms with Gasteiger partial charge in [-0.1, -0.05) is 32.6 Å². The number of hydrogen-bond acceptors (Lipinski definition) is 3. The first-order valence-electron chi connectivity index (χ1n) is 6.99. The molecule has 0 bridgehead atoms. The van der Waals surface area contributed by atoms with Crippen LogP contribution >= 0.6 is 0 Å². The predicted octanol–water partition coefficient (Wildman–Crippen LogP) is 2.02. The molecule has 0 aromatic heterocycles. The van der Waals surface area contributed by atoms with Gasteiger partial charge in [0.25, 0.3) is 0 Å². The summed E-state index contributed by atoms with van der Waals surface area (Å²) < 4.78 is 4.92. The van der Waals surface area contributed by atoms with Crippen LogP contribution in [0, 0.1) is 11.8 Å². The third-order valence-electron chi connectivity index (χ3n) is 4.34. The zero-order valence-corrected chi connectivity index (χ0v) is 11.3. The predicted molar refractivity (Wildman–Crippen MR) is 67.9 cm³/mol. The third-order valence-corrected chi connectivity index (χ3v) is 4.34. The van der Waals surface area contributed by atoms with Gasteiger partial charge in [0.1, 0.15) is 5.54 Å². The smallest absolute Gasteiger partial charge is 0.331 e. The molecule has 4 heteroatoms. The molecule has 0 unspecified atom stereocenters. The topological polar surface area (TPSA) is 55.4 Å². The molecular formula is C14H23NO3. The average Bonchev–Trinajstić information content (AvgIpc) is 3.12. The molecular weight excluding hydrogens is 230 g/mol. The molecule has 0 aliphatic heterocycles. The van der Waals surface area contributed by atoms with Crippen LogP contribution in [0.1, 0.15) is 51.9 Å². The highest BCUT2D eigenvalue weighted by molar-refractivity contribution is 5.90. The van der Waals surface area contributed by atoms with Crippen molar-refractivity contribution in [2.24, 2.45) is 11.8 Å². The first kappa shape index (κ1) is 13.4. The van der Waals surface area contributed by atoms with E-state index >= 15 is 0 Å². The lowest BCUT2D eigenvalue weighted by Crippen LogP contribution is -2.55. The van der Waals surface area contributed by atoms with Crippen molar-refractivity contribution in [3.05, 3.63) is 0 Å². The summed E-state index contributed by atoms with van der Waals surface area (Å²) in [4.78, 5) is 24.2. The second-order valence-electron chi connectivity index (χ2n) is 5.80. The van der Waals surface area contributed by atoms with E-state index in [0.29, 0.717) is 18.8 Å². The van der Waals surface area contributed by atoms with Gasteiger partial charge in [-0.2, -0.15) is 0 Å². The molecule has 2 fully saturated rings. The highest BCUT2D eigenvalue weighted by atomic mass is 16.5.